The summed E-state index contributed by atoms with van der Waals surface area (Å²) in [5, 5.41) is 3.06. The van der Waals surface area contributed by atoms with Gasteiger partial charge in [-0.25, -0.2) is 0 Å². The first-order valence-corrected chi connectivity index (χ1v) is 8.19. The van der Waals surface area contributed by atoms with Gasteiger partial charge < -0.3 is 5.32 Å². The van der Waals surface area contributed by atoms with Crippen LogP contribution >= 0.6 is 43.5 Å². The highest BCUT2D eigenvalue weighted by atomic mass is 79.9. The number of carbonyl (C=O) groups is 1. The molecule has 1 amide bonds. The highest BCUT2D eigenvalue weighted by molar-refractivity contribution is 9.11. The first kappa shape index (κ1) is 17.0. The quantitative estimate of drug-likeness (QED) is 0.695. The lowest BCUT2D eigenvalue weighted by molar-refractivity contribution is 0.0900. The molecular weight excluding hydrogens is 393 g/mol. The van der Waals surface area contributed by atoms with Crippen LogP contribution in [0.1, 0.15) is 37.6 Å². The zero-order valence-electron chi connectivity index (χ0n) is 11.3. The van der Waals surface area contributed by atoms with Gasteiger partial charge in [0.2, 0.25) is 0 Å². The van der Waals surface area contributed by atoms with E-state index in [0.717, 1.165) is 15.4 Å². The van der Waals surface area contributed by atoms with Crippen LogP contribution in [0.4, 0.5) is 0 Å². The molecule has 1 unspecified atom stereocenters. The molecular formula is C14H18Br2ClNO. The minimum Gasteiger partial charge on any atom is -0.349 e. The minimum atomic E-state index is -0.0768. The van der Waals surface area contributed by atoms with E-state index in [1.54, 1.807) is 12.1 Å². The van der Waals surface area contributed by atoms with Crippen molar-refractivity contribution in [3.63, 3.8) is 0 Å². The molecule has 0 aromatic heterocycles. The van der Waals surface area contributed by atoms with Gasteiger partial charge in [0.05, 0.1) is 0 Å². The number of carbonyl (C=O) groups excluding carboxylic acids is 1. The maximum absolute atomic E-state index is 12.3. The number of rotatable bonds is 4. The predicted octanol–water partition coefficient (Wildman–Crippen LogP) is 4.99. The molecule has 0 aliphatic heterocycles. The molecule has 0 aliphatic rings. The molecule has 0 radical (unpaired) electrons. The average molecular weight is 412 g/mol. The second-order valence-electron chi connectivity index (χ2n) is 5.53. The normalized spacial score (nSPS) is 13.2. The molecule has 1 rings (SSSR count). The Labute approximate surface area is 136 Å². The summed E-state index contributed by atoms with van der Waals surface area (Å²) in [6.07, 6.45) is 0.756. The molecule has 2 nitrogen and oxygen atoms in total. The summed E-state index contributed by atoms with van der Waals surface area (Å²) in [4.78, 5) is 12.3. The summed E-state index contributed by atoms with van der Waals surface area (Å²) in [7, 11) is 0. The Balaban J connectivity index is 2.87. The van der Waals surface area contributed by atoms with Crippen molar-refractivity contribution < 1.29 is 4.79 Å². The Morgan fingerprint density at radius 2 is 1.79 bits per heavy atom. The van der Waals surface area contributed by atoms with E-state index < -0.39 is 0 Å². The van der Waals surface area contributed by atoms with Crippen LogP contribution in [0, 0.1) is 5.41 Å². The lowest BCUT2D eigenvalue weighted by Crippen LogP contribution is -2.44. The van der Waals surface area contributed by atoms with Crippen LogP contribution in [0.25, 0.3) is 0 Å². The van der Waals surface area contributed by atoms with Crippen LogP contribution in [0.2, 0.25) is 0 Å². The number of amides is 1. The van der Waals surface area contributed by atoms with Gasteiger partial charge in [0.25, 0.3) is 5.91 Å². The van der Waals surface area contributed by atoms with E-state index in [2.05, 4.69) is 57.9 Å². The van der Waals surface area contributed by atoms with Gasteiger partial charge in [-0.15, -0.1) is 11.6 Å². The van der Waals surface area contributed by atoms with Crippen molar-refractivity contribution in [1.29, 1.82) is 0 Å². The second-order valence-corrected chi connectivity index (χ2v) is 7.74. The number of nitrogens with one attached hydrogen (secondary N) is 1. The highest BCUT2D eigenvalue weighted by Gasteiger charge is 2.26. The molecule has 0 saturated carbocycles. The van der Waals surface area contributed by atoms with Crippen molar-refractivity contribution in [3.8, 4) is 0 Å². The van der Waals surface area contributed by atoms with Crippen molar-refractivity contribution in [2.24, 2.45) is 5.41 Å². The van der Waals surface area contributed by atoms with E-state index >= 15 is 0 Å². The van der Waals surface area contributed by atoms with Crippen LogP contribution in [0.3, 0.4) is 0 Å². The van der Waals surface area contributed by atoms with Crippen LogP contribution in [0.15, 0.2) is 27.1 Å². The first-order chi connectivity index (χ1) is 8.74. The van der Waals surface area contributed by atoms with Gasteiger partial charge in [-0.3, -0.25) is 4.79 Å². The predicted molar refractivity (Wildman–Crippen MR) is 87.9 cm³/mol. The van der Waals surface area contributed by atoms with Crippen LogP contribution in [-0.2, 0) is 0 Å². The Morgan fingerprint density at radius 3 is 2.21 bits per heavy atom. The number of hydrogen-bond donors (Lipinski definition) is 1. The minimum absolute atomic E-state index is 0.0200. The molecule has 5 heteroatoms. The molecule has 19 heavy (non-hydrogen) atoms. The van der Waals surface area contributed by atoms with Gasteiger partial charge in [-0.1, -0.05) is 52.6 Å². The molecule has 0 aliphatic carbocycles. The fourth-order valence-corrected chi connectivity index (χ4v) is 3.27. The fraction of sp³-hybridized carbons (Fsp3) is 0.500. The molecule has 1 aromatic rings. The number of hydrogen-bond acceptors (Lipinski definition) is 1. The molecule has 0 saturated heterocycles. The SMILES string of the molecule is CC(C)(C)C(CCCl)NC(=O)c1cc(Br)cc(Br)c1. The van der Waals surface area contributed by atoms with Crippen LogP contribution < -0.4 is 5.32 Å². The highest BCUT2D eigenvalue weighted by Crippen LogP contribution is 2.24. The van der Waals surface area contributed by atoms with Gasteiger partial charge in [-0.2, -0.15) is 0 Å². The lowest BCUT2D eigenvalue weighted by atomic mass is 9.85. The molecule has 0 spiro atoms. The molecule has 0 fully saturated rings. The van der Waals surface area contributed by atoms with Crippen molar-refractivity contribution >= 4 is 49.4 Å². The Kier molecular flexibility index (Phi) is 6.34. The zero-order chi connectivity index (χ0) is 14.6. The molecule has 1 aromatic carbocycles. The summed E-state index contributed by atoms with van der Waals surface area (Å²) in [6, 6.07) is 5.56. The maximum Gasteiger partial charge on any atom is 0.251 e. The smallest absolute Gasteiger partial charge is 0.251 e. The van der Waals surface area contributed by atoms with E-state index in [-0.39, 0.29) is 17.4 Å². The Morgan fingerprint density at radius 1 is 1.26 bits per heavy atom. The summed E-state index contributed by atoms with van der Waals surface area (Å²) in [5.74, 6) is 0.455. The molecule has 0 heterocycles. The van der Waals surface area contributed by atoms with Crippen molar-refractivity contribution in [2.75, 3.05) is 5.88 Å². The van der Waals surface area contributed by atoms with Crippen molar-refractivity contribution in [3.05, 3.63) is 32.7 Å². The lowest BCUT2D eigenvalue weighted by Gasteiger charge is -2.31. The van der Waals surface area contributed by atoms with E-state index in [1.807, 2.05) is 6.07 Å². The van der Waals surface area contributed by atoms with Gasteiger partial charge in [0.1, 0.15) is 0 Å². The van der Waals surface area contributed by atoms with E-state index in [0.29, 0.717) is 11.4 Å². The van der Waals surface area contributed by atoms with E-state index in [9.17, 15) is 4.79 Å². The van der Waals surface area contributed by atoms with E-state index in [1.165, 1.54) is 0 Å². The average Bonchev–Trinajstić information content (AvgIpc) is 2.25. The third kappa shape index (κ3) is 5.44. The molecule has 1 atom stereocenters. The summed E-state index contributed by atoms with van der Waals surface area (Å²) in [6.45, 7) is 6.30. The Bertz CT molecular complexity index is 437. The van der Waals surface area contributed by atoms with Crippen LogP contribution in [0.5, 0.6) is 0 Å². The van der Waals surface area contributed by atoms with Crippen LogP contribution in [-0.4, -0.2) is 17.8 Å². The fourth-order valence-electron chi connectivity index (χ4n) is 1.76. The number of benzene rings is 1. The summed E-state index contributed by atoms with van der Waals surface area (Å²) in [5.41, 5.74) is 0.610. The second kappa shape index (κ2) is 7.09. The Hall–Kier alpha value is -0.0600. The van der Waals surface area contributed by atoms with Gasteiger partial charge >= 0.3 is 0 Å². The van der Waals surface area contributed by atoms with Crippen molar-refractivity contribution in [1.82, 2.24) is 5.32 Å². The third-order valence-corrected chi connectivity index (χ3v) is 4.01. The molecule has 0 bridgehead atoms. The molecule has 106 valence electrons. The summed E-state index contributed by atoms with van der Waals surface area (Å²) >= 11 is 12.6. The van der Waals surface area contributed by atoms with Gasteiger partial charge in [0.15, 0.2) is 0 Å². The third-order valence-electron chi connectivity index (χ3n) is 2.87. The van der Waals surface area contributed by atoms with E-state index in [4.69, 9.17) is 11.6 Å². The number of halogens is 3. The van der Waals surface area contributed by atoms with Crippen molar-refractivity contribution in [2.45, 2.75) is 33.2 Å². The number of alkyl halides is 1. The summed E-state index contributed by atoms with van der Waals surface area (Å²) < 4.78 is 1.74. The largest absolute Gasteiger partial charge is 0.349 e. The van der Waals surface area contributed by atoms with Gasteiger partial charge in [0, 0.05) is 26.4 Å². The van der Waals surface area contributed by atoms with Gasteiger partial charge in [-0.05, 0) is 30.0 Å². The monoisotopic (exact) mass is 409 g/mol. The standard InChI is InChI=1S/C14H18Br2ClNO/c1-14(2,3)12(4-5-17)18-13(19)9-6-10(15)8-11(16)7-9/h6-8,12H,4-5H2,1-3H3,(H,18,19). The first-order valence-electron chi connectivity index (χ1n) is 6.07. The zero-order valence-corrected chi connectivity index (χ0v) is 15.2. The molecule has 1 N–H and O–H groups in total. The maximum atomic E-state index is 12.3. The topological polar surface area (TPSA) is 29.1 Å².